The van der Waals surface area contributed by atoms with Crippen molar-refractivity contribution < 1.29 is 9.53 Å². The summed E-state index contributed by atoms with van der Waals surface area (Å²) in [5, 5.41) is 8.13. The Morgan fingerprint density at radius 2 is 1.91 bits per heavy atom. The SMILES string of the molecule is CCOc1ccc2nc(NC(=O)CCn3c(C)nc4c(cnn4-c4ccc(C)cc4)c3=O)sc2c1. The summed E-state index contributed by atoms with van der Waals surface area (Å²) in [4.78, 5) is 34.8. The molecule has 1 N–H and O–H groups in total. The third-order valence-electron chi connectivity index (χ3n) is 5.64. The number of rotatable bonds is 7. The summed E-state index contributed by atoms with van der Waals surface area (Å²) in [5.74, 6) is 1.06. The summed E-state index contributed by atoms with van der Waals surface area (Å²) in [6, 6.07) is 13.5. The number of aromatic nitrogens is 5. The summed E-state index contributed by atoms with van der Waals surface area (Å²) in [6.45, 7) is 6.49. The van der Waals surface area contributed by atoms with Crippen LogP contribution in [0.25, 0.3) is 26.9 Å². The van der Waals surface area contributed by atoms with E-state index in [-0.39, 0.29) is 24.4 Å². The number of hydrogen-bond acceptors (Lipinski definition) is 7. The van der Waals surface area contributed by atoms with Crippen LogP contribution in [0.5, 0.6) is 5.75 Å². The number of fused-ring (bicyclic) bond motifs is 2. The highest BCUT2D eigenvalue weighted by Gasteiger charge is 2.16. The van der Waals surface area contributed by atoms with Gasteiger partial charge in [-0.15, -0.1) is 0 Å². The van der Waals surface area contributed by atoms with Gasteiger partial charge in [-0.25, -0.2) is 14.6 Å². The van der Waals surface area contributed by atoms with E-state index < -0.39 is 0 Å². The van der Waals surface area contributed by atoms with Crippen molar-refractivity contribution in [1.29, 1.82) is 0 Å². The summed E-state index contributed by atoms with van der Waals surface area (Å²) in [6.07, 6.45) is 1.64. The van der Waals surface area contributed by atoms with Crippen LogP contribution in [-0.2, 0) is 11.3 Å². The molecule has 3 heterocycles. The fraction of sp³-hybridized carbons (Fsp3) is 0.240. The van der Waals surface area contributed by atoms with Crippen LogP contribution in [0.2, 0.25) is 0 Å². The van der Waals surface area contributed by atoms with Crippen molar-refractivity contribution in [2.75, 3.05) is 11.9 Å². The van der Waals surface area contributed by atoms with Crippen LogP contribution in [0.1, 0.15) is 24.7 Å². The molecule has 2 aromatic carbocycles. The number of carbonyl (C=O) groups is 1. The van der Waals surface area contributed by atoms with Gasteiger partial charge in [0, 0.05) is 13.0 Å². The zero-order chi connectivity index (χ0) is 24.5. The molecule has 0 fully saturated rings. The van der Waals surface area contributed by atoms with Crippen molar-refractivity contribution in [1.82, 2.24) is 24.3 Å². The van der Waals surface area contributed by atoms with Gasteiger partial charge in [0.05, 0.1) is 28.7 Å². The first-order valence-corrected chi connectivity index (χ1v) is 12.1. The first-order chi connectivity index (χ1) is 16.9. The lowest BCUT2D eigenvalue weighted by atomic mass is 10.2. The molecule has 5 rings (SSSR count). The molecule has 0 radical (unpaired) electrons. The molecular weight excluding hydrogens is 464 g/mol. The second kappa shape index (κ2) is 9.30. The number of benzene rings is 2. The maximum Gasteiger partial charge on any atom is 0.264 e. The van der Waals surface area contributed by atoms with Crippen LogP contribution < -0.4 is 15.6 Å². The Balaban J connectivity index is 1.32. The predicted octanol–water partition coefficient (Wildman–Crippen LogP) is 4.24. The van der Waals surface area contributed by atoms with E-state index in [0.717, 1.165) is 27.2 Å². The molecule has 10 heteroatoms. The van der Waals surface area contributed by atoms with Crippen molar-refractivity contribution in [3.63, 3.8) is 0 Å². The van der Waals surface area contributed by atoms with Crippen molar-refractivity contribution in [3.05, 3.63) is 70.4 Å². The van der Waals surface area contributed by atoms with E-state index in [2.05, 4.69) is 20.4 Å². The van der Waals surface area contributed by atoms with Gasteiger partial charge in [0.1, 0.15) is 17.0 Å². The Kier molecular flexibility index (Phi) is 6.04. The Hall–Kier alpha value is -4.05. The second-order valence-corrected chi connectivity index (χ2v) is 9.16. The molecule has 0 spiro atoms. The Morgan fingerprint density at radius 1 is 1.11 bits per heavy atom. The van der Waals surface area contributed by atoms with E-state index >= 15 is 0 Å². The summed E-state index contributed by atoms with van der Waals surface area (Å²) < 4.78 is 9.62. The molecule has 9 nitrogen and oxygen atoms in total. The molecule has 3 aromatic heterocycles. The van der Waals surface area contributed by atoms with Crippen LogP contribution in [0, 0.1) is 13.8 Å². The summed E-state index contributed by atoms with van der Waals surface area (Å²) >= 11 is 1.38. The highest BCUT2D eigenvalue weighted by molar-refractivity contribution is 7.22. The minimum atomic E-state index is -0.226. The van der Waals surface area contributed by atoms with Crippen molar-refractivity contribution in [2.45, 2.75) is 33.7 Å². The van der Waals surface area contributed by atoms with Gasteiger partial charge in [0.2, 0.25) is 5.91 Å². The van der Waals surface area contributed by atoms with Crippen LogP contribution >= 0.6 is 11.3 Å². The van der Waals surface area contributed by atoms with Crippen LogP contribution in [0.3, 0.4) is 0 Å². The highest BCUT2D eigenvalue weighted by Crippen LogP contribution is 2.29. The van der Waals surface area contributed by atoms with E-state index in [1.165, 1.54) is 22.1 Å². The fourth-order valence-corrected chi connectivity index (χ4v) is 4.77. The van der Waals surface area contributed by atoms with E-state index in [9.17, 15) is 9.59 Å². The van der Waals surface area contributed by atoms with Crippen molar-refractivity contribution in [3.8, 4) is 11.4 Å². The number of nitrogens with zero attached hydrogens (tertiary/aromatic N) is 5. The molecule has 0 aliphatic rings. The molecule has 5 aromatic rings. The van der Waals surface area contributed by atoms with E-state index in [1.54, 1.807) is 11.6 Å². The molecular formula is C25H24N6O3S. The minimum Gasteiger partial charge on any atom is -0.494 e. The molecule has 0 atom stereocenters. The smallest absolute Gasteiger partial charge is 0.264 e. The number of carbonyl (C=O) groups excluding carboxylic acids is 1. The molecule has 0 saturated heterocycles. The van der Waals surface area contributed by atoms with Gasteiger partial charge < -0.3 is 10.1 Å². The number of amides is 1. The van der Waals surface area contributed by atoms with Gasteiger partial charge in [0.15, 0.2) is 10.8 Å². The Bertz CT molecular complexity index is 1600. The lowest BCUT2D eigenvalue weighted by Gasteiger charge is -2.10. The monoisotopic (exact) mass is 488 g/mol. The van der Waals surface area contributed by atoms with Gasteiger partial charge in [-0.05, 0) is 51.1 Å². The summed E-state index contributed by atoms with van der Waals surface area (Å²) in [7, 11) is 0. The minimum absolute atomic E-state index is 0.111. The first-order valence-electron chi connectivity index (χ1n) is 11.3. The number of aryl methyl sites for hydroxylation is 2. The van der Waals surface area contributed by atoms with Crippen LogP contribution in [-0.4, -0.2) is 36.8 Å². The zero-order valence-electron chi connectivity index (χ0n) is 19.6. The number of thiazole rings is 1. The molecule has 0 saturated carbocycles. The van der Waals surface area contributed by atoms with Gasteiger partial charge in [-0.1, -0.05) is 29.0 Å². The lowest BCUT2D eigenvalue weighted by molar-refractivity contribution is -0.116. The van der Waals surface area contributed by atoms with E-state index in [4.69, 9.17) is 4.74 Å². The largest absolute Gasteiger partial charge is 0.494 e. The van der Waals surface area contributed by atoms with Crippen molar-refractivity contribution in [2.24, 2.45) is 0 Å². The maximum absolute atomic E-state index is 13.1. The number of nitrogens with one attached hydrogen (secondary N) is 1. The van der Waals surface area contributed by atoms with Gasteiger partial charge in [-0.3, -0.25) is 14.2 Å². The molecule has 178 valence electrons. The average molecular weight is 489 g/mol. The van der Waals surface area contributed by atoms with Gasteiger partial charge in [0.25, 0.3) is 5.56 Å². The number of hydrogen-bond donors (Lipinski definition) is 1. The zero-order valence-corrected chi connectivity index (χ0v) is 20.4. The van der Waals surface area contributed by atoms with Crippen LogP contribution in [0.15, 0.2) is 53.5 Å². The molecule has 0 aliphatic heterocycles. The quantitative estimate of drug-likeness (QED) is 0.368. The maximum atomic E-state index is 13.1. The van der Waals surface area contributed by atoms with Gasteiger partial charge in [-0.2, -0.15) is 5.10 Å². The Labute approximate surface area is 205 Å². The normalized spacial score (nSPS) is 11.3. The second-order valence-electron chi connectivity index (χ2n) is 8.12. The molecule has 0 bridgehead atoms. The Morgan fingerprint density at radius 3 is 2.69 bits per heavy atom. The third-order valence-corrected chi connectivity index (χ3v) is 6.57. The predicted molar refractivity (Wildman–Crippen MR) is 137 cm³/mol. The molecule has 35 heavy (non-hydrogen) atoms. The summed E-state index contributed by atoms with van der Waals surface area (Å²) in [5.41, 5.74) is 3.04. The van der Waals surface area contributed by atoms with E-state index in [1.807, 2.05) is 56.3 Å². The van der Waals surface area contributed by atoms with Gasteiger partial charge >= 0.3 is 0 Å². The topological polar surface area (TPSA) is 104 Å². The number of anilines is 1. The van der Waals surface area contributed by atoms with Crippen molar-refractivity contribution >= 4 is 43.6 Å². The average Bonchev–Trinajstić information content (AvgIpc) is 3.43. The first kappa shape index (κ1) is 22.7. The van der Waals surface area contributed by atoms with Crippen LogP contribution in [0.4, 0.5) is 5.13 Å². The van der Waals surface area contributed by atoms with E-state index in [0.29, 0.717) is 28.6 Å². The molecule has 0 unspecified atom stereocenters. The molecule has 1 amide bonds. The lowest BCUT2D eigenvalue weighted by Crippen LogP contribution is -2.26. The standard InChI is InChI=1S/C25H24N6O3S/c1-4-34-18-9-10-20-21(13-18)35-25(28-20)29-22(32)11-12-30-16(3)27-23-19(24(30)33)14-26-31(23)17-7-5-15(2)6-8-17/h5-10,13-14H,4,11-12H2,1-3H3,(H,28,29,32). The number of ether oxygens (including phenoxy) is 1. The third kappa shape index (κ3) is 4.52. The highest BCUT2D eigenvalue weighted by atomic mass is 32.1. The molecule has 0 aliphatic carbocycles. The fourth-order valence-electron chi connectivity index (χ4n) is 3.85.